The molecule has 0 spiro atoms. The van der Waals surface area contributed by atoms with Crippen LogP contribution in [0.5, 0.6) is 0 Å². The highest BCUT2D eigenvalue weighted by Crippen LogP contribution is 2.35. The molecule has 0 aliphatic carbocycles. The highest BCUT2D eigenvalue weighted by atomic mass is 32.2. The normalized spacial score (nSPS) is 20.2. The number of hydrogen-bond acceptors (Lipinski definition) is 5. The van der Waals surface area contributed by atoms with Crippen LogP contribution in [0.25, 0.3) is 21.9 Å². The van der Waals surface area contributed by atoms with Crippen LogP contribution in [0.1, 0.15) is 24.3 Å². The lowest BCUT2D eigenvalue weighted by Gasteiger charge is -2.32. The number of aromatic nitrogens is 3. The van der Waals surface area contributed by atoms with Crippen molar-refractivity contribution in [2.75, 3.05) is 18.8 Å². The molecule has 0 radical (unpaired) electrons. The quantitative estimate of drug-likeness (QED) is 0.740. The monoisotopic (exact) mass is 339 g/mol. The first kappa shape index (κ1) is 15.4. The smallest absolute Gasteiger partial charge is 0.210 e. The molecule has 2 atom stereocenters. The second kappa shape index (κ2) is 6.40. The molecule has 0 aromatic carbocycles. The summed E-state index contributed by atoms with van der Waals surface area (Å²) in [5.41, 5.74) is 2.97. The number of pyridine rings is 2. The van der Waals surface area contributed by atoms with Crippen LogP contribution in [-0.2, 0) is 11.4 Å². The van der Waals surface area contributed by atoms with Crippen molar-refractivity contribution < 1.29 is 4.55 Å². The highest BCUT2D eigenvalue weighted by molar-refractivity contribution is 7.89. The summed E-state index contributed by atoms with van der Waals surface area (Å²) >= 11 is -1.22. The van der Waals surface area contributed by atoms with E-state index < -0.39 is 11.4 Å². The predicted molar refractivity (Wildman–Crippen MR) is 93.6 cm³/mol. The summed E-state index contributed by atoms with van der Waals surface area (Å²) < 4.78 is 14.1. The lowest BCUT2D eigenvalue weighted by Crippen LogP contribution is -2.40. The van der Waals surface area contributed by atoms with Gasteiger partial charge in [0.1, 0.15) is 11.7 Å². The van der Waals surface area contributed by atoms with Crippen molar-refractivity contribution in [1.82, 2.24) is 19.3 Å². The van der Waals surface area contributed by atoms with E-state index in [0.29, 0.717) is 6.54 Å². The molecule has 7 heteroatoms. The molecule has 0 bridgehead atoms. The topological polar surface area (TPSA) is 91.7 Å². The zero-order chi connectivity index (χ0) is 16.5. The zero-order valence-electron chi connectivity index (χ0n) is 13.1. The molecule has 122 valence electrons. The van der Waals surface area contributed by atoms with E-state index in [-0.39, 0.29) is 11.7 Å². The van der Waals surface area contributed by atoms with Gasteiger partial charge >= 0.3 is 0 Å². The van der Waals surface area contributed by atoms with Crippen LogP contribution in [0.4, 0.5) is 0 Å². The molecule has 1 fully saturated rings. The van der Waals surface area contributed by atoms with Crippen molar-refractivity contribution in [3.05, 3.63) is 36.3 Å². The SMILES string of the molecule is N#CC[S+]([O-])N1CCCC(c2ccnc3cnc4[nH]ccc4c23)C1. The van der Waals surface area contributed by atoms with Crippen LogP contribution in [0, 0.1) is 11.3 Å². The number of H-pyrrole nitrogens is 1. The van der Waals surface area contributed by atoms with Gasteiger partial charge in [-0.25, -0.2) is 4.98 Å². The van der Waals surface area contributed by atoms with E-state index in [2.05, 4.69) is 21.0 Å². The highest BCUT2D eigenvalue weighted by Gasteiger charge is 2.30. The van der Waals surface area contributed by atoms with Crippen molar-refractivity contribution in [2.45, 2.75) is 18.8 Å². The maximum Gasteiger partial charge on any atom is 0.210 e. The van der Waals surface area contributed by atoms with E-state index in [0.717, 1.165) is 41.3 Å². The Morgan fingerprint density at radius 2 is 2.33 bits per heavy atom. The third kappa shape index (κ3) is 2.63. The van der Waals surface area contributed by atoms with Gasteiger partial charge < -0.3 is 9.54 Å². The first-order valence-corrected chi connectivity index (χ1v) is 9.26. The molecule has 4 heterocycles. The summed E-state index contributed by atoms with van der Waals surface area (Å²) in [6.07, 6.45) is 7.54. The van der Waals surface area contributed by atoms with E-state index >= 15 is 0 Å². The molecule has 1 aliphatic rings. The number of fused-ring (bicyclic) bond motifs is 3. The van der Waals surface area contributed by atoms with Gasteiger partial charge in [-0.1, -0.05) is 0 Å². The Bertz CT molecular complexity index is 918. The number of piperidine rings is 1. The molecule has 2 unspecified atom stereocenters. The molecule has 1 aliphatic heterocycles. The van der Waals surface area contributed by atoms with E-state index in [1.807, 2.05) is 28.8 Å². The average Bonchev–Trinajstić information content (AvgIpc) is 3.10. The van der Waals surface area contributed by atoms with Crippen LogP contribution < -0.4 is 0 Å². The van der Waals surface area contributed by atoms with Crippen LogP contribution in [0.2, 0.25) is 0 Å². The van der Waals surface area contributed by atoms with E-state index in [9.17, 15) is 4.55 Å². The summed E-state index contributed by atoms with van der Waals surface area (Å²) in [6, 6.07) is 6.10. The Morgan fingerprint density at radius 3 is 3.21 bits per heavy atom. The lowest BCUT2D eigenvalue weighted by atomic mass is 9.89. The number of aromatic amines is 1. The van der Waals surface area contributed by atoms with Gasteiger partial charge in [-0.2, -0.15) is 5.26 Å². The summed E-state index contributed by atoms with van der Waals surface area (Å²) in [4.78, 5) is 12.0. The molecular weight excluding hydrogens is 322 g/mol. The number of nitriles is 1. The molecule has 4 rings (SSSR count). The van der Waals surface area contributed by atoms with Gasteiger partial charge in [0.25, 0.3) is 0 Å². The minimum absolute atomic E-state index is 0.0653. The fourth-order valence-corrected chi connectivity index (χ4v) is 4.52. The molecular formula is C17H17N5OS. The maximum absolute atomic E-state index is 12.2. The van der Waals surface area contributed by atoms with Gasteiger partial charge in [-0.15, -0.1) is 4.31 Å². The van der Waals surface area contributed by atoms with Gasteiger partial charge in [-0.3, -0.25) is 4.98 Å². The van der Waals surface area contributed by atoms with Crippen LogP contribution in [0.3, 0.4) is 0 Å². The molecule has 6 nitrogen and oxygen atoms in total. The van der Waals surface area contributed by atoms with Crippen LogP contribution >= 0.6 is 0 Å². The maximum atomic E-state index is 12.2. The van der Waals surface area contributed by atoms with Crippen molar-refractivity contribution >= 4 is 33.3 Å². The third-order valence-corrected chi connectivity index (χ3v) is 5.91. The molecule has 1 N–H and O–H groups in total. The lowest BCUT2D eigenvalue weighted by molar-refractivity contribution is 0.317. The summed E-state index contributed by atoms with van der Waals surface area (Å²) in [6.45, 7) is 1.50. The standard InChI is InChI=1S/C17H17N5OS/c18-5-9-24(23)22-8-1-2-12(11-22)13-3-6-19-15-10-21-17-14(16(13)15)4-7-20-17/h3-4,6-7,10,12H,1-2,8-9,11H2,(H,20,21). The third-order valence-electron chi connectivity index (χ3n) is 4.62. The van der Waals surface area contributed by atoms with Gasteiger partial charge in [0.15, 0.2) is 0 Å². The number of nitrogens with one attached hydrogen (secondary N) is 1. The fourth-order valence-electron chi connectivity index (χ4n) is 3.55. The van der Waals surface area contributed by atoms with Crippen molar-refractivity contribution in [1.29, 1.82) is 5.26 Å². The van der Waals surface area contributed by atoms with Gasteiger partial charge in [0.2, 0.25) is 5.75 Å². The van der Waals surface area contributed by atoms with Crippen LogP contribution in [-0.4, -0.2) is 42.7 Å². The van der Waals surface area contributed by atoms with Gasteiger partial charge in [-0.05, 0) is 30.5 Å². The van der Waals surface area contributed by atoms with Gasteiger partial charge in [0, 0.05) is 35.6 Å². The van der Waals surface area contributed by atoms with Crippen LogP contribution in [0.15, 0.2) is 30.7 Å². The Kier molecular flexibility index (Phi) is 4.10. The van der Waals surface area contributed by atoms with E-state index in [4.69, 9.17) is 5.26 Å². The molecule has 3 aromatic rings. The Hall–Kier alpha value is -2.14. The predicted octanol–water partition coefficient (Wildman–Crippen LogP) is 2.48. The first-order chi connectivity index (χ1) is 11.8. The Labute approximate surface area is 142 Å². The first-order valence-electron chi connectivity index (χ1n) is 7.99. The summed E-state index contributed by atoms with van der Waals surface area (Å²) in [5.74, 6) is 0.350. The van der Waals surface area contributed by atoms with Crippen molar-refractivity contribution in [2.24, 2.45) is 0 Å². The molecule has 3 aromatic heterocycles. The zero-order valence-corrected chi connectivity index (χ0v) is 13.9. The largest absolute Gasteiger partial charge is 0.597 e. The average molecular weight is 339 g/mol. The molecule has 0 saturated carbocycles. The number of hydrogen-bond donors (Lipinski definition) is 1. The summed E-state index contributed by atoms with van der Waals surface area (Å²) in [7, 11) is 0. The van der Waals surface area contributed by atoms with E-state index in [1.165, 1.54) is 5.56 Å². The van der Waals surface area contributed by atoms with Gasteiger partial charge in [0.05, 0.1) is 29.6 Å². The van der Waals surface area contributed by atoms with Crippen molar-refractivity contribution in [3.63, 3.8) is 0 Å². The Balaban J connectivity index is 1.76. The minimum Gasteiger partial charge on any atom is -0.597 e. The second-order valence-electron chi connectivity index (χ2n) is 6.01. The minimum atomic E-state index is -1.22. The number of nitrogens with zero attached hydrogens (tertiary/aromatic N) is 4. The fraction of sp³-hybridized carbons (Fsp3) is 0.353. The molecule has 24 heavy (non-hydrogen) atoms. The van der Waals surface area contributed by atoms with E-state index in [1.54, 1.807) is 6.20 Å². The summed E-state index contributed by atoms with van der Waals surface area (Å²) in [5, 5.41) is 11.0. The Morgan fingerprint density at radius 1 is 1.42 bits per heavy atom. The number of rotatable bonds is 3. The second-order valence-corrected chi connectivity index (χ2v) is 7.46. The molecule has 1 saturated heterocycles. The molecule has 0 amide bonds. The van der Waals surface area contributed by atoms with Crippen molar-refractivity contribution in [3.8, 4) is 6.07 Å².